The molecule has 1 amide bonds. The van der Waals surface area contributed by atoms with Crippen molar-refractivity contribution in [3.8, 4) is 0 Å². The molecule has 0 unspecified atom stereocenters. The fraction of sp³-hybridized carbons (Fsp3) is 0.250. The molecule has 0 saturated carbocycles. The van der Waals surface area contributed by atoms with Gasteiger partial charge in [-0.25, -0.2) is 0 Å². The maximum absolute atomic E-state index is 11.1. The van der Waals surface area contributed by atoms with Crippen molar-refractivity contribution in [1.82, 2.24) is 10.3 Å². The molecule has 0 bridgehead atoms. The molecule has 1 aromatic rings. The van der Waals surface area contributed by atoms with E-state index in [0.717, 1.165) is 9.99 Å². The number of hydrogen-bond acceptors (Lipinski definition) is 2. The lowest BCUT2D eigenvalue weighted by atomic mass is 10.2. The van der Waals surface area contributed by atoms with Crippen LogP contribution in [0.1, 0.15) is 16.1 Å². The van der Waals surface area contributed by atoms with Gasteiger partial charge in [-0.05, 0) is 17.7 Å². The maximum atomic E-state index is 11.1. The van der Waals surface area contributed by atoms with Crippen LogP contribution < -0.4 is 5.32 Å². The summed E-state index contributed by atoms with van der Waals surface area (Å²) in [5.74, 6) is -0.137. The molecule has 0 fully saturated rings. The molecule has 0 spiro atoms. The third-order valence-electron chi connectivity index (χ3n) is 1.44. The third-order valence-corrected chi connectivity index (χ3v) is 2.32. The zero-order valence-corrected chi connectivity index (χ0v) is 8.83. The van der Waals surface area contributed by atoms with Gasteiger partial charge >= 0.3 is 0 Å². The van der Waals surface area contributed by atoms with Crippen molar-refractivity contribution < 1.29 is 4.79 Å². The van der Waals surface area contributed by atoms with Crippen LogP contribution in [-0.2, 0) is 4.43 Å². The summed E-state index contributed by atoms with van der Waals surface area (Å²) in [4.78, 5) is 15.0. The van der Waals surface area contributed by atoms with Gasteiger partial charge in [-0.1, -0.05) is 22.6 Å². The summed E-state index contributed by atoms with van der Waals surface area (Å²) in [6.07, 6.45) is 1.65. The Hall–Kier alpha value is -0.650. The molecule has 0 saturated heterocycles. The van der Waals surface area contributed by atoms with Crippen molar-refractivity contribution in [2.24, 2.45) is 0 Å². The lowest BCUT2D eigenvalue weighted by Gasteiger charge is -1.99. The van der Waals surface area contributed by atoms with Gasteiger partial charge in [0.2, 0.25) is 0 Å². The van der Waals surface area contributed by atoms with Gasteiger partial charge in [-0.3, -0.25) is 9.78 Å². The molecular formula is C8H9IN2O. The highest BCUT2D eigenvalue weighted by Gasteiger charge is 2.03. The second kappa shape index (κ2) is 4.39. The quantitative estimate of drug-likeness (QED) is 0.655. The molecule has 0 aromatic carbocycles. The zero-order valence-electron chi connectivity index (χ0n) is 6.67. The molecule has 1 aromatic heterocycles. The van der Waals surface area contributed by atoms with Crippen molar-refractivity contribution in [2.75, 3.05) is 7.05 Å². The van der Waals surface area contributed by atoms with Crippen LogP contribution >= 0.6 is 22.6 Å². The number of nitrogens with one attached hydrogen (secondary N) is 1. The molecule has 1 N–H and O–H groups in total. The Labute approximate surface area is 84.7 Å². The summed E-state index contributed by atoms with van der Waals surface area (Å²) in [6, 6.07) is 3.70. The summed E-state index contributed by atoms with van der Waals surface area (Å²) < 4.78 is 0.893. The van der Waals surface area contributed by atoms with Crippen molar-refractivity contribution in [3.63, 3.8) is 0 Å². The van der Waals surface area contributed by atoms with Crippen LogP contribution in [0.25, 0.3) is 0 Å². The number of hydrogen-bond donors (Lipinski definition) is 1. The van der Waals surface area contributed by atoms with Crippen LogP contribution in [0.3, 0.4) is 0 Å². The fourth-order valence-electron chi connectivity index (χ4n) is 0.810. The number of aromatic nitrogens is 1. The monoisotopic (exact) mass is 276 g/mol. The molecule has 0 aliphatic rings. The Morgan fingerprint density at radius 1 is 1.75 bits per heavy atom. The van der Waals surface area contributed by atoms with Crippen molar-refractivity contribution in [2.45, 2.75) is 4.43 Å². The smallest absolute Gasteiger partial charge is 0.269 e. The standard InChI is InChI=1S/C8H9IN2O/c1-10-8(12)7-4-6(5-9)2-3-11-7/h2-4H,5H2,1H3,(H,10,12). The van der Waals surface area contributed by atoms with E-state index in [1.54, 1.807) is 19.3 Å². The largest absolute Gasteiger partial charge is 0.354 e. The maximum Gasteiger partial charge on any atom is 0.269 e. The van der Waals surface area contributed by atoms with E-state index in [1.165, 1.54) is 0 Å². The first kappa shape index (κ1) is 9.44. The number of nitrogens with zero attached hydrogens (tertiary/aromatic N) is 1. The van der Waals surface area contributed by atoms with Crippen molar-refractivity contribution in [1.29, 1.82) is 0 Å². The van der Waals surface area contributed by atoms with E-state index in [-0.39, 0.29) is 5.91 Å². The first-order valence-electron chi connectivity index (χ1n) is 3.51. The minimum absolute atomic E-state index is 0.137. The van der Waals surface area contributed by atoms with Crippen LogP contribution in [0.4, 0.5) is 0 Å². The first-order valence-corrected chi connectivity index (χ1v) is 5.03. The molecule has 0 radical (unpaired) electrons. The van der Waals surface area contributed by atoms with Gasteiger partial charge in [0.25, 0.3) is 5.91 Å². The third kappa shape index (κ3) is 2.17. The second-order valence-corrected chi connectivity index (χ2v) is 3.02. The van der Waals surface area contributed by atoms with Gasteiger partial charge in [0.15, 0.2) is 0 Å². The highest BCUT2D eigenvalue weighted by Crippen LogP contribution is 2.06. The number of carbonyl (C=O) groups is 1. The predicted octanol–water partition coefficient (Wildman–Crippen LogP) is 1.38. The van der Waals surface area contributed by atoms with E-state index in [0.29, 0.717) is 5.69 Å². The second-order valence-electron chi connectivity index (χ2n) is 2.26. The molecule has 3 nitrogen and oxygen atoms in total. The summed E-state index contributed by atoms with van der Waals surface area (Å²) in [6.45, 7) is 0. The Bertz CT molecular complexity index is 288. The van der Waals surface area contributed by atoms with Gasteiger partial charge in [-0.15, -0.1) is 0 Å². The van der Waals surface area contributed by atoms with Crippen LogP contribution in [-0.4, -0.2) is 17.9 Å². The SMILES string of the molecule is CNC(=O)c1cc(CI)ccn1. The molecule has 0 aliphatic carbocycles. The van der Waals surface area contributed by atoms with Gasteiger partial charge in [0.05, 0.1) is 0 Å². The van der Waals surface area contributed by atoms with Crippen molar-refractivity contribution >= 4 is 28.5 Å². The predicted molar refractivity (Wildman–Crippen MR) is 55.4 cm³/mol. The lowest BCUT2D eigenvalue weighted by Crippen LogP contribution is -2.19. The van der Waals surface area contributed by atoms with E-state index in [1.807, 2.05) is 6.07 Å². The van der Waals surface area contributed by atoms with Gasteiger partial charge in [-0.2, -0.15) is 0 Å². The number of carbonyl (C=O) groups excluding carboxylic acids is 1. The molecular weight excluding hydrogens is 267 g/mol. The van der Waals surface area contributed by atoms with Gasteiger partial charge < -0.3 is 5.32 Å². The Kier molecular flexibility index (Phi) is 3.46. The van der Waals surface area contributed by atoms with Crippen LogP contribution in [0.2, 0.25) is 0 Å². The lowest BCUT2D eigenvalue weighted by molar-refractivity contribution is 0.0958. The first-order chi connectivity index (χ1) is 5.77. The average Bonchev–Trinajstić information content (AvgIpc) is 2.17. The topological polar surface area (TPSA) is 42.0 Å². The molecule has 0 atom stereocenters. The Morgan fingerprint density at radius 2 is 2.50 bits per heavy atom. The number of rotatable bonds is 2. The fourth-order valence-corrected chi connectivity index (χ4v) is 1.28. The molecule has 1 heterocycles. The zero-order chi connectivity index (χ0) is 8.97. The number of halogens is 1. The minimum Gasteiger partial charge on any atom is -0.354 e. The highest BCUT2D eigenvalue weighted by atomic mass is 127. The van der Waals surface area contributed by atoms with E-state index in [4.69, 9.17) is 0 Å². The summed E-state index contributed by atoms with van der Waals surface area (Å²) in [5, 5.41) is 2.53. The van der Waals surface area contributed by atoms with E-state index < -0.39 is 0 Å². The van der Waals surface area contributed by atoms with Crippen molar-refractivity contribution in [3.05, 3.63) is 29.6 Å². The van der Waals surface area contributed by atoms with E-state index in [2.05, 4.69) is 32.9 Å². The summed E-state index contributed by atoms with van der Waals surface area (Å²) >= 11 is 2.25. The molecule has 0 aliphatic heterocycles. The number of amides is 1. The van der Waals surface area contributed by atoms with Crippen LogP contribution in [0, 0.1) is 0 Å². The molecule has 4 heteroatoms. The Morgan fingerprint density at radius 3 is 3.08 bits per heavy atom. The van der Waals surface area contributed by atoms with Crippen LogP contribution in [0.15, 0.2) is 18.3 Å². The highest BCUT2D eigenvalue weighted by molar-refractivity contribution is 14.1. The molecule has 12 heavy (non-hydrogen) atoms. The van der Waals surface area contributed by atoms with E-state index in [9.17, 15) is 4.79 Å². The molecule has 1 rings (SSSR count). The number of pyridine rings is 1. The van der Waals surface area contributed by atoms with Crippen LogP contribution in [0.5, 0.6) is 0 Å². The summed E-state index contributed by atoms with van der Waals surface area (Å²) in [7, 11) is 1.60. The Balaban J connectivity index is 2.93. The average molecular weight is 276 g/mol. The summed E-state index contributed by atoms with van der Waals surface area (Å²) in [5.41, 5.74) is 1.59. The van der Waals surface area contributed by atoms with Gasteiger partial charge in [0.1, 0.15) is 5.69 Å². The minimum atomic E-state index is -0.137. The van der Waals surface area contributed by atoms with Gasteiger partial charge in [0, 0.05) is 17.7 Å². The van der Waals surface area contributed by atoms with E-state index >= 15 is 0 Å². The molecule has 64 valence electrons. The normalized spacial score (nSPS) is 9.50. The number of alkyl halides is 1.